The summed E-state index contributed by atoms with van der Waals surface area (Å²) in [6, 6.07) is 2.45. The van der Waals surface area contributed by atoms with Crippen molar-refractivity contribution in [2.45, 2.75) is 6.29 Å². The third-order valence-corrected chi connectivity index (χ3v) is 1.99. The van der Waals surface area contributed by atoms with Gasteiger partial charge in [-0.2, -0.15) is 0 Å². The fourth-order valence-corrected chi connectivity index (χ4v) is 1.34. The highest BCUT2D eigenvalue weighted by Crippen LogP contribution is 2.45. The van der Waals surface area contributed by atoms with Gasteiger partial charge in [0.05, 0.1) is 12.8 Å². The minimum absolute atomic E-state index is 0. The van der Waals surface area contributed by atoms with Crippen molar-refractivity contribution in [3.05, 3.63) is 17.7 Å². The number of nitrogen functional groups attached to an aromatic ring is 1. The Morgan fingerprint density at radius 2 is 2.06 bits per heavy atom. The van der Waals surface area contributed by atoms with Gasteiger partial charge < -0.3 is 19.9 Å². The Morgan fingerprint density at radius 3 is 2.65 bits per heavy atom. The van der Waals surface area contributed by atoms with Gasteiger partial charge in [-0.05, 0) is 12.1 Å². The summed E-state index contributed by atoms with van der Waals surface area (Å²) >= 11 is 0. The number of fused-ring (bicyclic) bond motifs is 1. The third kappa shape index (κ3) is 2.19. The number of hydrogen-bond acceptors (Lipinski definition) is 5. The fourth-order valence-electron chi connectivity index (χ4n) is 1.34. The molecular weight excluding hydrogens is 260 g/mol. The third-order valence-electron chi connectivity index (χ3n) is 1.99. The molecular formula is C9H8ClF2NO4. The van der Waals surface area contributed by atoms with E-state index in [1.165, 1.54) is 12.1 Å². The van der Waals surface area contributed by atoms with Crippen LogP contribution in [0.4, 0.5) is 14.5 Å². The van der Waals surface area contributed by atoms with Crippen molar-refractivity contribution in [3.8, 4) is 11.5 Å². The molecule has 2 rings (SSSR count). The zero-order valence-corrected chi connectivity index (χ0v) is 9.35. The molecule has 0 aliphatic carbocycles. The second kappa shape index (κ2) is 4.25. The molecule has 2 N–H and O–H groups in total. The Morgan fingerprint density at radius 1 is 1.41 bits per heavy atom. The lowest BCUT2D eigenvalue weighted by Gasteiger charge is -2.07. The Balaban J connectivity index is 0.00000144. The molecule has 0 radical (unpaired) electrons. The predicted molar refractivity (Wildman–Crippen MR) is 55.6 cm³/mol. The van der Waals surface area contributed by atoms with E-state index in [-0.39, 0.29) is 29.4 Å². The number of ether oxygens (including phenoxy) is 3. The number of halogens is 3. The zero-order valence-electron chi connectivity index (χ0n) is 8.53. The van der Waals surface area contributed by atoms with Gasteiger partial charge in [-0.15, -0.1) is 21.2 Å². The van der Waals surface area contributed by atoms with Crippen molar-refractivity contribution >= 4 is 24.1 Å². The van der Waals surface area contributed by atoms with Gasteiger partial charge in [-0.25, -0.2) is 4.79 Å². The smallest absolute Gasteiger partial charge is 0.465 e. The highest BCUT2D eigenvalue weighted by Gasteiger charge is 2.46. The van der Waals surface area contributed by atoms with E-state index in [1.807, 2.05) is 0 Å². The maximum Gasteiger partial charge on any atom is 0.586 e. The summed E-state index contributed by atoms with van der Waals surface area (Å²) in [7, 11) is 1.11. The first-order chi connectivity index (χ1) is 7.44. The molecule has 0 unspecified atom stereocenters. The van der Waals surface area contributed by atoms with Crippen LogP contribution >= 0.6 is 12.4 Å². The molecule has 0 aromatic heterocycles. The summed E-state index contributed by atoms with van der Waals surface area (Å²) in [4.78, 5) is 11.3. The monoisotopic (exact) mass is 267 g/mol. The molecule has 0 spiro atoms. The van der Waals surface area contributed by atoms with Gasteiger partial charge in [-0.1, -0.05) is 0 Å². The molecule has 1 aromatic carbocycles. The minimum atomic E-state index is -3.79. The van der Waals surface area contributed by atoms with Gasteiger partial charge in [-0.3, -0.25) is 0 Å². The molecule has 1 aliphatic heterocycles. The number of benzene rings is 1. The number of rotatable bonds is 1. The first kappa shape index (κ1) is 13.3. The van der Waals surface area contributed by atoms with Crippen LogP contribution in [0.15, 0.2) is 12.1 Å². The number of methoxy groups -OCH3 is 1. The van der Waals surface area contributed by atoms with Crippen molar-refractivity contribution in [2.75, 3.05) is 12.8 Å². The van der Waals surface area contributed by atoms with Gasteiger partial charge >= 0.3 is 12.3 Å². The standard InChI is InChI=1S/C9H7F2NO4.ClH/c1-14-8(13)6-4(12)2-3-5-7(6)16-9(10,11)15-5;/h2-3H,12H2,1H3;1H. The molecule has 94 valence electrons. The minimum Gasteiger partial charge on any atom is -0.465 e. The summed E-state index contributed by atoms with van der Waals surface area (Å²) in [6.45, 7) is 0. The van der Waals surface area contributed by atoms with Crippen molar-refractivity contribution in [3.63, 3.8) is 0 Å². The predicted octanol–water partition coefficient (Wildman–Crippen LogP) is 1.80. The van der Waals surface area contributed by atoms with Crippen LogP contribution in [-0.2, 0) is 4.74 Å². The summed E-state index contributed by atoms with van der Waals surface area (Å²) < 4.78 is 38.3. The maximum atomic E-state index is 12.8. The molecule has 0 atom stereocenters. The van der Waals surface area contributed by atoms with Gasteiger partial charge in [0.25, 0.3) is 0 Å². The van der Waals surface area contributed by atoms with E-state index < -0.39 is 18.0 Å². The summed E-state index contributed by atoms with van der Waals surface area (Å²) in [5.41, 5.74) is 5.19. The lowest BCUT2D eigenvalue weighted by atomic mass is 10.1. The second-order valence-electron chi connectivity index (χ2n) is 3.02. The summed E-state index contributed by atoms with van der Waals surface area (Å²) in [5, 5.41) is 0. The van der Waals surface area contributed by atoms with Crippen molar-refractivity contribution in [2.24, 2.45) is 0 Å². The summed E-state index contributed by atoms with van der Waals surface area (Å²) in [6.07, 6.45) is -3.79. The van der Waals surface area contributed by atoms with E-state index in [1.54, 1.807) is 0 Å². The van der Waals surface area contributed by atoms with Crippen molar-refractivity contribution in [1.29, 1.82) is 0 Å². The number of alkyl halides is 2. The van der Waals surface area contributed by atoms with Crippen LogP contribution in [0.2, 0.25) is 0 Å². The van der Waals surface area contributed by atoms with Crippen molar-refractivity contribution < 1.29 is 27.8 Å². The highest BCUT2D eigenvalue weighted by atomic mass is 35.5. The van der Waals surface area contributed by atoms with Gasteiger partial charge in [0.15, 0.2) is 11.5 Å². The molecule has 8 heteroatoms. The average molecular weight is 268 g/mol. The molecule has 0 saturated heterocycles. The Kier molecular flexibility index (Phi) is 3.33. The number of esters is 1. The molecule has 0 fully saturated rings. The largest absolute Gasteiger partial charge is 0.586 e. The quantitative estimate of drug-likeness (QED) is 0.620. The topological polar surface area (TPSA) is 70.8 Å². The van der Waals surface area contributed by atoms with Gasteiger partial charge in [0.2, 0.25) is 0 Å². The van der Waals surface area contributed by atoms with E-state index in [4.69, 9.17) is 5.73 Å². The number of anilines is 1. The van der Waals surface area contributed by atoms with Crippen molar-refractivity contribution in [1.82, 2.24) is 0 Å². The molecule has 1 heterocycles. The molecule has 0 amide bonds. The van der Waals surface area contributed by atoms with Crippen LogP contribution in [0.1, 0.15) is 10.4 Å². The number of carbonyl (C=O) groups excluding carboxylic acids is 1. The molecule has 1 aliphatic rings. The molecule has 17 heavy (non-hydrogen) atoms. The van der Waals surface area contributed by atoms with E-state index in [2.05, 4.69) is 14.2 Å². The number of carbonyl (C=O) groups is 1. The molecule has 1 aromatic rings. The summed E-state index contributed by atoms with van der Waals surface area (Å²) in [5.74, 6) is -1.52. The second-order valence-corrected chi connectivity index (χ2v) is 3.02. The van der Waals surface area contributed by atoms with Crippen LogP contribution in [0, 0.1) is 0 Å². The highest BCUT2D eigenvalue weighted by molar-refractivity contribution is 5.99. The lowest BCUT2D eigenvalue weighted by Crippen LogP contribution is -2.26. The van der Waals surface area contributed by atoms with E-state index in [0.717, 1.165) is 7.11 Å². The average Bonchev–Trinajstić information content (AvgIpc) is 2.51. The SMILES string of the molecule is COC(=O)c1c(N)ccc2c1OC(F)(F)O2.Cl. The fraction of sp³-hybridized carbons (Fsp3) is 0.222. The van der Waals surface area contributed by atoms with E-state index in [0.29, 0.717) is 0 Å². The maximum absolute atomic E-state index is 12.8. The van der Waals surface area contributed by atoms with Crippen LogP contribution in [-0.4, -0.2) is 19.4 Å². The number of hydrogen-bond donors (Lipinski definition) is 1. The van der Waals surface area contributed by atoms with E-state index >= 15 is 0 Å². The van der Waals surface area contributed by atoms with Gasteiger partial charge in [0, 0.05) is 0 Å². The normalized spacial score (nSPS) is 15.0. The van der Waals surface area contributed by atoms with Gasteiger partial charge in [0.1, 0.15) is 5.56 Å². The first-order valence-corrected chi connectivity index (χ1v) is 4.21. The number of nitrogens with two attached hydrogens (primary N) is 1. The first-order valence-electron chi connectivity index (χ1n) is 4.21. The Bertz CT molecular complexity index is 467. The zero-order chi connectivity index (χ0) is 11.9. The molecule has 0 saturated carbocycles. The van der Waals surface area contributed by atoms with Crippen LogP contribution in [0.25, 0.3) is 0 Å². The van der Waals surface area contributed by atoms with E-state index in [9.17, 15) is 13.6 Å². The lowest BCUT2D eigenvalue weighted by molar-refractivity contribution is -0.286. The van der Waals surface area contributed by atoms with Crippen LogP contribution < -0.4 is 15.2 Å². The Labute approximate surface area is 101 Å². The molecule has 5 nitrogen and oxygen atoms in total. The van der Waals surface area contributed by atoms with Crippen LogP contribution in [0.5, 0.6) is 11.5 Å². The molecule has 0 bridgehead atoms. The van der Waals surface area contributed by atoms with Crippen LogP contribution in [0.3, 0.4) is 0 Å². The Hall–Kier alpha value is -1.76.